The normalized spacial score (nSPS) is 25.0. The molecule has 168 valence electrons. The van der Waals surface area contributed by atoms with Crippen molar-refractivity contribution in [1.29, 1.82) is 0 Å². The monoisotopic (exact) mass is 486 g/mol. The zero-order valence-electron chi connectivity index (χ0n) is 17.1. The molecule has 2 bridgehead atoms. The van der Waals surface area contributed by atoms with Crippen LogP contribution in [0.3, 0.4) is 0 Å². The van der Waals surface area contributed by atoms with Crippen molar-refractivity contribution in [1.82, 2.24) is 10.0 Å². The number of halogens is 3. The number of imide groups is 1. The molecule has 0 aromatic heterocycles. The highest BCUT2D eigenvalue weighted by Crippen LogP contribution is 2.52. The van der Waals surface area contributed by atoms with Crippen LogP contribution in [-0.2, 0) is 9.59 Å². The van der Waals surface area contributed by atoms with Gasteiger partial charge < -0.3 is 0 Å². The van der Waals surface area contributed by atoms with Crippen molar-refractivity contribution in [3.05, 3.63) is 81.6 Å². The van der Waals surface area contributed by atoms with Crippen molar-refractivity contribution >= 4 is 46.7 Å². The molecule has 2 aliphatic carbocycles. The first-order valence-corrected chi connectivity index (χ1v) is 11.1. The Kier molecular flexibility index (Phi) is 5.34. The summed E-state index contributed by atoms with van der Waals surface area (Å²) >= 11 is 12.0. The van der Waals surface area contributed by atoms with Crippen molar-refractivity contribution in [2.24, 2.45) is 23.7 Å². The molecule has 9 heteroatoms. The van der Waals surface area contributed by atoms with E-state index in [1.54, 1.807) is 0 Å². The van der Waals surface area contributed by atoms with Gasteiger partial charge in [0.2, 0.25) is 0 Å². The van der Waals surface area contributed by atoms with E-state index in [1.165, 1.54) is 30.3 Å². The van der Waals surface area contributed by atoms with Gasteiger partial charge in [-0.25, -0.2) is 9.40 Å². The lowest BCUT2D eigenvalue weighted by atomic mass is 9.85. The quantitative estimate of drug-likeness (QED) is 0.361. The Balaban J connectivity index is 1.51. The summed E-state index contributed by atoms with van der Waals surface area (Å²) in [5, 5.41) is 2.03. The number of hydrazine groups is 1. The molecule has 1 heterocycles. The van der Waals surface area contributed by atoms with Crippen molar-refractivity contribution in [2.45, 2.75) is 6.42 Å². The van der Waals surface area contributed by atoms with Crippen LogP contribution in [0.1, 0.15) is 27.1 Å². The summed E-state index contributed by atoms with van der Waals surface area (Å²) in [4.78, 5) is 53.0. The first-order valence-electron chi connectivity index (χ1n) is 10.4. The number of nitrogens with zero attached hydrogens (tertiary/aromatic N) is 2. The Morgan fingerprint density at radius 2 is 1.48 bits per heavy atom. The molecule has 2 fully saturated rings. The van der Waals surface area contributed by atoms with Crippen LogP contribution in [0.5, 0.6) is 0 Å². The van der Waals surface area contributed by atoms with Gasteiger partial charge in [0.15, 0.2) is 5.78 Å². The van der Waals surface area contributed by atoms with E-state index in [2.05, 4.69) is 0 Å². The molecule has 0 spiro atoms. The lowest BCUT2D eigenvalue weighted by Gasteiger charge is -2.31. The number of Topliss-reactive ketones (excluding diaryl/α,β-unsaturated/α-hetero) is 1. The molecule has 3 amide bonds. The minimum absolute atomic E-state index is 0.0591. The maximum Gasteiger partial charge on any atom is 0.273 e. The lowest BCUT2D eigenvalue weighted by molar-refractivity contribution is -0.154. The Morgan fingerprint density at radius 1 is 0.909 bits per heavy atom. The number of amides is 3. The minimum Gasteiger partial charge on any atom is -0.292 e. The highest BCUT2D eigenvalue weighted by Gasteiger charge is 2.61. The molecule has 4 atom stereocenters. The third kappa shape index (κ3) is 3.56. The van der Waals surface area contributed by atoms with Gasteiger partial charge in [-0.05, 0) is 60.7 Å². The maximum atomic E-state index is 13.5. The van der Waals surface area contributed by atoms with E-state index in [1.807, 2.05) is 12.2 Å². The molecule has 1 saturated carbocycles. The molecular weight excluding hydrogens is 470 g/mol. The van der Waals surface area contributed by atoms with Crippen molar-refractivity contribution in [2.75, 3.05) is 6.54 Å². The summed E-state index contributed by atoms with van der Waals surface area (Å²) in [5.74, 6) is -4.02. The first kappa shape index (κ1) is 21.8. The van der Waals surface area contributed by atoms with Crippen molar-refractivity contribution < 1.29 is 23.6 Å². The number of benzene rings is 2. The predicted molar refractivity (Wildman–Crippen MR) is 118 cm³/mol. The average Bonchev–Trinajstić information content (AvgIpc) is 3.48. The number of ketones is 1. The van der Waals surface area contributed by atoms with Crippen LogP contribution in [0.25, 0.3) is 0 Å². The summed E-state index contributed by atoms with van der Waals surface area (Å²) in [7, 11) is 0. The van der Waals surface area contributed by atoms with Gasteiger partial charge in [-0.1, -0.05) is 35.4 Å². The number of carbonyl (C=O) groups is 4. The van der Waals surface area contributed by atoms with Crippen LogP contribution in [0.4, 0.5) is 4.39 Å². The fraction of sp³-hybridized carbons (Fsp3) is 0.250. The molecule has 0 unspecified atom stereocenters. The van der Waals surface area contributed by atoms with Crippen LogP contribution in [0, 0.1) is 29.5 Å². The summed E-state index contributed by atoms with van der Waals surface area (Å²) in [6.07, 6.45) is 4.61. The van der Waals surface area contributed by atoms with Gasteiger partial charge in [0.25, 0.3) is 17.7 Å². The molecule has 1 aliphatic heterocycles. The topological polar surface area (TPSA) is 74.8 Å². The zero-order valence-corrected chi connectivity index (χ0v) is 18.6. The smallest absolute Gasteiger partial charge is 0.273 e. The molecule has 3 aliphatic rings. The zero-order chi connectivity index (χ0) is 23.4. The molecule has 5 rings (SSSR count). The van der Waals surface area contributed by atoms with E-state index in [9.17, 15) is 23.6 Å². The summed E-state index contributed by atoms with van der Waals surface area (Å²) in [6, 6.07) is 8.96. The molecule has 0 radical (unpaired) electrons. The fourth-order valence-electron chi connectivity index (χ4n) is 5.00. The second-order valence-electron chi connectivity index (χ2n) is 8.41. The van der Waals surface area contributed by atoms with E-state index >= 15 is 0 Å². The third-order valence-corrected chi connectivity index (χ3v) is 7.29. The largest absolute Gasteiger partial charge is 0.292 e. The van der Waals surface area contributed by atoms with Crippen LogP contribution in [-0.4, -0.2) is 40.1 Å². The number of fused-ring (bicyclic) bond motifs is 5. The van der Waals surface area contributed by atoms with E-state index in [0.29, 0.717) is 0 Å². The Hall–Kier alpha value is -3.03. The van der Waals surface area contributed by atoms with E-state index in [4.69, 9.17) is 23.2 Å². The van der Waals surface area contributed by atoms with Gasteiger partial charge in [-0.2, -0.15) is 5.01 Å². The summed E-state index contributed by atoms with van der Waals surface area (Å²) in [6.45, 7) is -0.579. The Morgan fingerprint density at radius 3 is 2.06 bits per heavy atom. The standard InChI is InChI=1S/C24H17Cl2FN2O4/c25-17-8-5-15(10-18(17)26)22(31)28(11-19(30)12-3-6-16(27)7-4-12)29-23(32)20-13-1-2-14(9-13)21(20)24(29)33/h1-8,10,13-14,20-21H,9,11H2/t13-,14-,20-,21-/m0/s1. The highest BCUT2D eigenvalue weighted by atomic mass is 35.5. The highest BCUT2D eigenvalue weighted by molar-refractivity contribution is 6.42. The van der Waals surface area contributed by atoms with Crippen LogP contribution in [0.2, 0.25) is 10.0 Å². The summed E-state index contributed by atoms with van der Waals surface area (Å²) < 4.78 is 13.3. The van der Waals surface area contributed by atoms with Gasteiger partial charge in [-0.3, -0.25) is 19.2 Å². The van der Waals surface area contributed by atoms with Crippen LogP contribution >= 0.6 is 23.2 Å². The number of allylic oxidation sites excluding steroid dienone is 2. The van der Waals surface area contributed by atoms with Crippen LogP contribution in [0.15, 0.2) is 54.6 Å². The number of hydrogen-bond acceptors (Lipinski definition) is 4. The van der Waals surface area contributed by atoms with Crippen LogP contribution < -0.4 is 0 Å². The number of rotatable bonds is 5. The molecular formula is C24H17Cl2FN2O4. The van der Waals surface area contributed by atoms with Gasteiger partial charge in [0.05, 0.1) is 21.9 Å². The minimum atomic E-state index is -0.744. The molecule has 2 aromatic carbocycles. The third-order valence-electron chi connectivity index (χ3n) is 6.55. The first-order chi connectivity index (χ1) is 15.8. The van der Waals surface area contributed by atoms with Gasteiger partial charge >= 0.3 is 0 Å². The molecule has 1 saturated heterocycles. The molecule has 2 aromatic rings. The van der Waals surface area contributed by atoms with Crippen molar-refractivity contribution in [3.63, 3.8) is 0 Å². The Bertz CT molecular complexity index is 1200. The van der Waals surface area contributed by atoms with Gasteiger partial charge in [-0.15, -0.1) is 0 Å². The summed E-state index contributed by atoms with van der Waals surface area (Å²) in [5.41, 5.74) is 0.208. The fourth-order valence-corrected chi connectivity index (χ4v) is 5.30. The van der Waals surface area contributed by atoms with Gasteiger partial charge in [0, 0.05) is 11.1 Å². The van der Waals surface area contributed by atoms with E-state index in [0.717, 1.165) is 28.6 Å². The number of hydrogen-bond donors (Lipinski definition) is 0. The van der Waals surface area contributed by atoms with Gasteiger partial charge in [0.1, 0.15) is 12.4 Å². The van der Waals surface area contributed by atoms with E-state index in [-0.39, 0.29) is 33.0 Å². The molecule has 0 N–H and O–H groups in total. The molecule has 33 heavy (non-hydrogen) atoms. The number of carbonyl (C=O) groups excluding carboxylic acids is 4. The second kappa shape index (κ2) is 8.08. The predicted octanol–water partition coefficient (Wildman–Crippen LogP) is 4.18. The maximum absolute atomic E-state index is 13.5. The Labute approximate surface area is 198 Å². The second-order valence-corrected chi connectivity index (χ2v) is 9.22. The lowest BCUT2D eigenvalue weighted by Crippen LogP contribution is -2.52. The van der Waals surface area contributed by atoms with Crippen molar-refractivity contribution in [3.8, 4) is 0 Å². The van der Waals surface area contributed by atoms with E-state index < -0.39 is 47.7 Å². The SMILES string of the molecule is O=C(CN(C(=O)c1ccc(Cl)c(Cl)c1)N1C(=O)[C@@H]2[C@@H](C1=O)[C@H]1C=C[C@H]2C1)c1ccc(F)cc1. The molecule has 6 nitrogen and oxygen atoms in total. The average molecular weight is 487 g/mol.